The van der Waals surface area contributed by atoms with E-state index in [-0.39, 0.29) is 0 Å². The molecule has 0 bridgehead atoms. The topological polar surface area (TPSA) is 109 Å². The van der Waals surface area contributed by atoms with Gasteiger partial charge in [0.15, 0.2) is 0 Å². The van der Waals surface area contributed by atoms with E-state index in [1.807, 2.05) is 0 Å². The Hall–Kier alpha value is -2.05. The Balaban J connectivity index is 2.73. The van der Waals surface area contributed by atoms with Gasteiger partial charge in [-0.05, 0) is 29.8 Å². The summed E-state index contributed by atoms with van der Waals surface area (Å²) in [6.07, 6.45) is 2.03. The SMILES string of the molecule is NC(=O)C[C@@H](NC(=O)/C=C/c1cc(Cl)cc(Cl)c1)C(=O)O. The van der Waals surface area contributed by atoms with Crippen LogP contribution in [0.25, 0.3) is 6.08 Å². The van der Waals surface area contributed by atoms with E-state index in [2.05, 4.69) is 5.32 Å². The predicted molar refractivity (Wildman–Crippen MR) is 78.9 cm³/mol. The zero-order valence-corrected chi connectivity index (χ0v) is 12.2. The summed E-state index contributed by atoms with van der Waals surface area (Å²) in [6, 6.07) is 3.32. The fraction of sp³-hybridized carbons (Fsp3) is 0.154. The number of nitrogens with one attached hydrogen (secondary N) is 1. The van der Waals surface area contributed by atoms with Gasteiger partial charge in [0.1, 0.15) is 6.04 Å². The number of aliphatic carboxylic acids is 1. The van der Waals surface area contributed by atoms with Crippen molar-refractivity contribution in [3.63, 3.8) is 0 Å². The first kappa shape index (κ1) is 17.0. The van der Waals surface area contributed by atoms with Crippen molar-refractivity contribution < 1.29 is 19.5 Å². The third kappa shape index (κ3) is 6.29. The van der Waals surface area contributed by atoms with E-state index >= 15 is 0 Å². The second-order valence-electron chi connectivity index (χ2n) is 4.11. The Kier molecular flexibility index (Phi) is 6.20. The first-order valence-electron chi connectivity index (χ1n) is 5.73. The molecule has 0 aliphatic rings. The summed E-state index contributed by atoms with van der Waals surface area (Å²) in [6.45, 7) is 0. The van der Waals surface area contributed by atoms with Crippen LogP contribution in [0.3, 0.4) is 0 Å². The lowest BCUT2D eigenvalue weighted by molar-refractivity contribution is -0.142. The normalized spacial score (nSPS) is 12.1. The Labute approximate surface area is 130 Å². The monoisotopic (exact) mass is 330 g/mol. The quantitative estimate of drug-likeness (QED) is 0.685. The Morgan fingerprint density at radius 3 is 2.29 bits per heavy atom. The molecule has 4 N–H and O–H groups in total. The number of carbonyl (C=O) groups is 3. The van der Waals surface area contributed by atoms with Crippen molar-refractivity contribution >= 4 is 47.1 Å². The van der Waals surface area contributed by atoms with Crippen LogP contribution in [0.1, 0.15) is 12.0 Å². The molecule has 1 aromatic carbocycles. The molecule has 1 rings (SSSR count). The van der Waals surface area contributed by atoms with Crippen LogP contribution in [-0.4, -0.2) is 28.9 Å². The number of primary amides is 1. The molecule has 1 atom stereocenters. The second kappa shape index (κ2) is 7.66. The minimum Gasteiger partial charge on any atom is -0.480 e. The fourth-order valence-electron chi connectivity index (χ4n) is 1.46. The van der Waals surface area contributed by atoms with Gasteiger partial charge >= 0.3 is 5.97 Å². The van der Waals surface area contributed by atoms with Crippen molar-refractivity contribution in [1.82, 2.24) is 5.32 Å². The Bertz CT molecular complexity index is 582. The third-order valence-electron chi connectivity index (χ3n) is 2.33. The molecule has 0 saturated carbocycles. The van der Waals surface area contributed by atoms with Crippen LogP contribution in [0.5, 0.6) is 0 Å². The van der Waals surface area contributed by atoms with E-state index < -0.39 is 30.2 Å². The van der Waals surface area contributed by atoms with Gasteiger partial charge in [0.25, 0.3) is 0 Å². The molecule has 0 saturated heterocycles. The minimum absolute atomic E-state index is 0.402. The van der Waals surface area contributed by atoms with Crippen LogP contribution < -0.4 is 11.1 Å². The number of amides is 2. The molecule has 0 fully saturated rings. The van der Waals surface area contributed by atoms with Crippen LogP contribution in [0, 0.1) is 0 Å². The lowest BCUT2D eigenvalue weighted by Gasteiger charge is -2.10. The van der Waals surface area contributed by atoms with Crippen LogP contribution >= 0.6 is 23.2 Å². The van der Waals surface area contributed by atoms with E-state index in [4.69, 9.17) is 34.0 Å². The van der Waals surface area contributed by atoms with E-state index in [0.29, 0.717) is 15.6 Å². The molecule has 0 aliphatic carbocycles. The van der Waals surface area contributed by atoms with Gasteiger partial charge < -0.3 is 16.2 Å². The summed E-state index contributed by atoms with van der Waals surface area (Å²) >= 11 is 11.6. The molecule has 21 heavy (non-hydrogen) atoms. The summed E-state index contributed by atoms with van der Waals surface area (Å²) < 4.78 is 0. The average molecular weight is 331 g/mol. The summed E-state index contributed by atoms with van der Waals surface area (Å²) in [7, 11) is 0. The summed E-state index contributed by atoms with van der Waals surface area (Å²) in [5.74, 6) is -2.85. The highest BCUT2D eigenvalue weighted by atomic mass is 35.5. The first-order chi connectivity index (χ1) is 9.77. The zero-order valence-electron chi connectivity index (χ0n) is 10.7. The van der Waals surface area contributed by atoms with Crippen LogP contribution in [-0.2, 0) is 14.4 Å². The van der Waals surface area contributed by atoms with Crippen molar-refractivity contribution in [3.8, 4) is 0 Å². The second-order valence-corrected chi connectivity index (χ2v) is 4.98. The maximum absolute atomic E-state index is 11.6. The first-order valence-corrected chi connectivity index (χ1v) is 6.49. The maximum atomic E-state index is 11.6. The smallest absolute Gasteiger partial charge is 0.326 e. The zero-order chi connectivity index (χ0) is 16.0. The number of nitrogens with two attached hydrogens (primary N) is 1. The number of halogens is 2. The summed E-state index contributed by atoms with van der Waals surface area (Å²) in [4.78, 5) is 33.2. The van der Waals surface area contributed by atoms with Gasteiger partial charge in [0, 0.05) is 16.1 Å². The highest BCUT2D eigenvalue weighted by Gasteiger charge is 2.20. The lowest BCUT2D eigenvalue weighted by Crippen LogP contribution is -2.42. The summed E-state index contributed by atoms with van der Waals surface area (Å²) in [5, 5.41) is 11.8. The van der Waals surface area contributed by atoms with Gasteiger partial charge in [-0.3, -0.25) is 9.59 Å². The van der Waals surface area contributed by atoms with Crippen molar-refractivity contribution in [2.24, 2.45) is 5.73 Å². The van der Waals surface area contributed by atoms with E-state index in [9.17, 15) is 14.4 Å². The minimum atomic E-state index is -1.37. The molecular formula is C13H12Cl2N2O4. The number of hydrogen-bond acceptors (Lipinski definition) is 3. The highest BCUT2D eigenvalue weighted by Crippen LogP contribution is 2.19. The molecule has 0 heterocycles. The third-order valence-corrected chi connectivity index (χ3v) is 2.77. The standard InChI is InChI=1S/C13H12Cl2N2O4/c14-8-3-7(4-9(15)5-8)1-2-12(19)17-10(13(20)21)6-11(16)18/h1-5,10H,6H2,(H2,16,18)(H,17,19)(H,20,21)/b2-1+/t10-/m1/s1. The molecular weight excluding hydrogens is 319 g/mol. The molecule has 0 aromatic heterocycles. The van der Waals surface area contributed by atoms with Crippen LogP contribution in [0.15, 0.2) is 24.3 Å². The van der Waals surface area contributed by atoms with E-state index in [1.165, 1.54) is 12.1 Å². The largest absolute Gasteiger partial charge is 0.480 e. The van der Waals surface area contributed by atoms with Crippen molar-refractivity contribution in [1.29, 1.82) is 0 Å². The molecule has 0 spiro atoms. The summed E-state index contributed by atoms with van der Waals surface area (Å²) in [5.41, 5.74) is 5.48. The molecule has 2 amide bonds. The predicted octanol–water partition coefficient (Wildman–Crippen LogP) is 1.45. The Morgan fingerprint density at radius 2 is 1.81 bits per heavy atom. The number of rotatable bonds is 6. The van der Waals surface area contributed by atoms with E-state index in [1.54, 1.807) is 12.1 Å². The number of benzene rings is 1. The molecule has 0 radical (unpaired) electrons. The lowest BCUT2D eigenvalue weighted by atomic mass is 10.2. The van der Waals surface area contributed by atoms with Gasteiger partial charge in [0.05, 0.1) is 6.42 Å². The molecule has 0 unspecified atom stereocenters. The van der Waals surface area contributed by atoms with Crippen molar-refractivity contribution in [2.45, 2.75) is 12.5 Å². The number of hydrogen-bond donors (Lipinski definition) is 3. The highest BCUT2D eigenvalue weighted by molar-refractivity contribution is 6.34. The number of carbonyl (C=O) groups excluding carboxylic acids is 2. The van der Waals surface area contributed by atoms with Gasteiger partial charge in [0.2, 0.25) is 11.8 Å². The Morgan fingerprint density at radius 1 is 1.24 bits per heavy atom. The maximum Gasteiger partial charge on any atom is 0.326 e. The van der Waals surface area contributed by atoms with Gasteiger partial charge in [-0.25, -0.2) is 4.79 Å². The van der Waals surface area contributed by atoms with Crippen molar-refractivity contribution in [3.05, 3.63) is 39.9 Å². The molecule has 6 nitrogen and oxygen atoms in total. The van der Waals surface area contributed by atoms with Gasteiger partial charge in [-0.2, -0.15) is 0 Å². The van der Waals surface area contributed by atoms with Crippen LogP contribution in [0.4, 0.5) is 0 Å². The van der Waals surface area contributed by atoms with E-state index in [0.717, 1.165) is 6.08 Å². The van der Waals surface area contributed by atoms with Gasteiger partial charge in [-0.1, -0.05) is 23.2 Å². The molecule has 112 valence electrons. The van der Waals surface area contributed by atoms with Gasteiger partial charge in [-0.15, -0.1) is 0 Å². The number of carboxylic acids is 1. The average Bonchev–Trinajstić information content (AvgIpc) is 2.33. The van der Waals surface area contributed by atoms with Crippen LogP contribution in [0.2, 0.25) is 10.0 Å². The fourth-order valence-corrected chi connectivity index (χ4v) is 2.01. The van der Waals surface area contributed by atoms with Crippen molar-refractivity contribution in [2.75, 3.05) is 0 Å². The molecule has 8 heteroatoms. The number of carboxylic acid groups (broad SMARTS) is 1. The molecule has 0 aliphatic heterocycles. The molecule has 1 aromatic rings.